The summed E-state index contributed by atoms with van der Waals surface area (Å²) in [6, 6.07) is 7.42. The smallest absolute Gasteiger partial charge is 0.325 e. The third-order valence-corrected chi connectivity index (χ3v) is 6.15. The van der Waals surface area contributed by atoms with Crippen molar-refractivity contribution in [3.8, 4) is 0 Å². The largest absolute Gasteiger partial charge is 0.341 e. The molecule has 2 aliphatic heterocycles. The molecule has 1 spiro atoms. The number of amides is 4. The first-order chi connectivity index (χ1) is 13.1. The highest BCUT2D eigenvalue weighted by molar-refractivity contribution is 6.09. The van der Waals surface area contributed by atoms with Gasteiger partial charge in [0.2, 0.25) is 5.91 Å². The molecule has 4 rings (SSSR count). The topological polar surface area (TPSA) is 69.7 Å². The SMILES string of the molecule is O=C(CN1C(=O)N[C@@]2(CCCCc3ccccc32)C1=O)N1CCCCCC1. The summed E-state index contributed by atoms with van der Waals surface area (Å²) in [5.74, 6) is -0.399. The van der Waals surface area contributed by atoms with E-state index in [4.69, 9.17) is 0 Å². The van der Waals surface area contributed by atoms with Crippen LogP contribution in [0.2, 0.25) is 0 Å². The van der Waals surface area contributed by atoms with Crippen molar-refractivity contribution in [2.75, 3.05) is 19.6 Å². The van der Waals surface area contributed by atoms with Gasteiger partial charge in [-0.05, 0) is 49.7 Å². The van der Waals surface area contributed by atoms with Gasteiger partial charge in [-0.2, -0.15) is 0 Å². The summed E-state index contributed by atoms with van der Waals surface area (Å²) in [5.41, 5.74) is 0.999. The summed E-state index contributed by atoms with van der Waals surface area (Å²) >= 11 is 0. The molecule has 6 heteroatoms. The highest BCUT2D eigenvalue weighted by Crippen LogP contribution is 2.38. The van der Waals surface area contributed by atoms with Gasteiger partial charge in [-0.1, -0.05) is 37.1 Å². The molecule has 0 bridgehead atoms. The number of fused-ring (bicyclic) bond motifs is 2. The molecule has 0 aromatic heterocycles. The van der Waals surface area contributed by atoms with Crippen LogP contribution in [-0.2, 0) is 21.5 Å². The molecule has 6 nitrogen and oxygen atoms in total. The lowest BCUT2D eigenvalue weighted by atomic mass is 9.84. The lowest BCUT2D eigenvalue weighted by Gasteiger charge is -2.28. The highest BCUT2D eigenvalue weighted by atomic mass is 16.2. The molecule has 3 aliphatic rings. The lowest BCUT2D eigenvalue weighted by Crippen LogP contribution is -2.46. The molecule has 1 aromatic rings. The first-order valence-corrected chi connectivity index (χ1v) is 10.1. The van der Waals surface area contributed by atoms with E-state index >= 15 is 0 Å². The zero-order valence-electron chi connectivity index (χ0n) is 15.7. The Kier molecular flexibility index (Phi) is 4.89. The molecule has 0 radical (unpaired) electrons. The second-order valence-corrected chi connectivity index (χ2v) is 7.89. The van der Waals surface area contributed by atoms with Gasteiger partial charge < -0.3 is 10.2 Å². The summed E-state index contributed by atoms with van der Waals surface area (Å²) in [4.78, 5) is 41.7. The van der Waals surface area contributed by atoms with Crippen LogP contribution in [0.4, 0.5) is 4.79 Å². The van der Waals surface area contributed by atoms with E-state index in [0.717, 1.165) is 74.1 Å². The van der Waals surface area contributed by atoms with E-state index in [1.165, 1.54) is 0 Å². The fraction of sp³-hybridized carbons (Fsp3) is 0.571. The summed E-state index contributed by atoms with van der Waals surface area (Å²) in [6.07, 6.45) is 7.60. The second kappa shape index (κ2) is 7.33. The molecule has 27 heavy (non-hydrogen) atoms. The highest BCUT2D eigenvalue weighted by Gasteiger charge is 2.53. The van der Waals surface area contributed by atoms with Crippen molar-refractivity contribution in [1.82, 2.24) is 15.1 Å². The second-order valence-electron chi connectivity index (χ2n) is 7.89. The Bertz CT molecular complexity index is 755. The quantitative estimate of drug-likeness (QED) is 0.815. The van der Waals surface area contributed by atoms with E-state index in [-0.39, 0.29) is 18.4 Å². The average Bonchev–Trinajstić information content (AvgIpc) is 2.94. The molecule has 1 atom stereocenters. The Balaban J connectivity index is 1.58. The molecule has 4 amide bonds. The van der Waals surface area contributed by atoms with Crippen molar-refractivity contribution < 1.29 is 14.4 Å². The van der Waals surface area contributed by atoms with E-state index in [1.807, 2.05) is 24.3 Å². The van der Waals surface area contributed by atoms with E-state index in [9.17, 15) is 14.4 Å². The van der Waals surface area contributed by atoms with Gasteiger partial charge in [-0.25, -0.2) is 4.79 Å². The normalized spacial score (nSPS) is 25.8. The minimum absolute atomic E-state index is 0.126. The maximum Gasteiger partial charge on any atom is 0.325 e. The maximum atomic E-state index is 13.4. The minimum Gasteiger partial charge on any atom is -0.341 e. The molecule has 1 aromatic carbocycles. The summed E-state index contributed by atoms with van der Waals surface area (Å²) < 4.78 is 0. The predicted octanol–water partition coefficient (Wildman–Crippen LogP) is 2.56. The van der Waals surface area contributed by atoms with E-state index in [0.29, 0.717) is 6.42 Å². The standard InChI is InChI=1S/C21H27N3O3/c25-18(23-13-7-1-2-8-14-23)15-24-19(26)21(22-20(24)27)12-6-5-10-16-9-3-4-11-17(16)21/h3-4,9,11H,1-2,5-8,10,12-15H2,(H,22,27)/t21-/m1/s1. The summed E-state index contributed by atoms with van der Waals surface area (Å²) in [6.45, 7) is 1.28. The number of carbonyl (C=O) groups excluding carboxylic acids is 3. The molecule has 1 N–H and O–H groups in total. The van der Waals surface area contributed by atoms with Crippen LogP contribution < -0.4 is 5.32 Å². The molecular formula is C21H27N3O3. The van der Waals surface area contributed by atoms with Crippen molar-refractivity contribution in [2.45, 2.75) is 56.9 Å². The number of aryl methyl sites for hydroxylation is 1. The van der Waals surface area contributed by atoms with Gasteiger partial charge in [0.05, 0.1) is 0 Å². The monoisotopic (exact) mass is 369 g/mol. The fourth-order valence-corrected chi connectivity index (χ4v) is 4.67. The fourth-order valence-electron chi connectivity index (χ4n) is 4.67. The van der Waals surface area contributed by atoms with Crippen molar-refractivity contribution in [1.29, 1.82) is 0 Å². The predicted molar refractivity (Wildman–Crippen MR) is 101 cm³/mol. The Labute approximate surface area is 159 Å². The molecule has 2 heterocycles. The average molecular weight is 369 g/mol. The third kappa shape index (κ3) is 3.22. The van der Waals surface area contributed by atoms with E-state index < -0.39 is 11.6 Å². The molecule has 2 fully saturated rings. The molecule has 1 aliphatic carbocycles. The molecule has 0 saturated carbocycles. The van der Waals surface area contributed by atoms with Gasteiger partial charge in [-0.15, -0.1) is 0 Å². The van der Waals surface area contributed by atoms with Crippen molar-refractivity contribution in [3.05, 3.63) is 35.4 Å². The number of hydrogen-bond acceptors (Lipinski definition) is 3. The number of benzene rings is 1. The van der Waals surface area contributed by atoms with Crippen LogP contribution in [0, 0.1) is 0 Å². The van der Waals surface area contributed by atoms with Crippen LogP contribution in [0.15, 0.2) is 24.3 Å². The molecule has 2 saturated heterocycles. The van der Waals surface area contributed by atoms with E-state index in [1.54, 1.807) is 4.90 Å². The van der Waals surface area contributed by atoms with Crippen LogP contribution in [0.1, 0.15) is 56.1 Å². The van der Waals surface area contributed by atoms with Gasteiger partial charge in [0.15, 0.2) is 0 Å². The van der Waals surface area contributed by atoms with Gasteiger partial charge >= 0.3 is 6.03 Å². The summed E-state index contributed by atoms with van der Waals surface area (Å²) in [7, 11) is 0. The zero-order valence-corrected chi connectivity index (χ0v) is 15.7. The van der Waals surface area contributed by atoms with Crippen molar-refractivity contribution in [2.24, 2.45) is 0 Å². The number of carbonyl (C=O) groups is 3. The Hall–Kier alpha value is -2.37. The molecule has 144 valence electrons. The first kappa shape index (κ1) is 18.0. The molecule has 0 unspecified atom stereocenters. The number of nitrogens with zero attached hydrogens (tertiary/aromatic N) is 2. The van der Waals surface area contributed by atoms with Crippen molar-refractivity contribution >= 4 is 17.8 Å². The minimum atomic E-state index is -1.01. The Morgan fingerprint density at radius 1 is 1.00 bits per heavy atom. The van der Waals surface area contributed by atoms with Gasteiger partial charge in [0.1, 0.15) is 12.1 Å². The maximum absolute atomic E-state index is 13.4. The first-order valence-electron chi connectivity index (χ1n) is 10.1. The van der Waals surface area contributed by atoms with Crippen LogP contribution in [0.3, 0.4) is 0 Å². The van der Waals surface area contributed by atoms with E-state index in [2.05, 4.69) is 5.32 Å². The summed E-state index contributed by atoms with van der Waals surface area (Å²) in [5, 5.41) is 2.95. The van der Waals surface area contributed by atoms with Crippen LogP contribution in [0.5, 0.6) is 0 Å². The van der Waals surface area contributed by atoms with Crippen LogP contribution in [-0.4, -0.2) is 47.3 Å². The van der Waals surface area contributed by atoms with Crippen molar-refractivity contribution in [3.63, 3.8) is 0 Å². The number of hydrogen-bond donors (Lipinski definition) is 1. The van der Waals surface area contributed by atoms with Crippen LogP contribution >= 0.6 is 0 Å². The number of imide groups is 1. The number of rotatable bonds is 2. The molecular weight excluding hydrogens is 342 g/mol. The number of likely N-dealkylation sites (tertiary alicyclic amines) is 1. The zero-order chi connectivity index (χ0) is 18.9. The van der Waals surface area contributed by atoms with Crippen LogP contribution in [0.25, 0.3) is 0 Å². The Morgan fingerprint density at radius 3 is 2.52 bits per heavy atom. The number of nitrogens with one attached hydrogen (secondary N) is 1. The Morgan fingerprint density at radius 2 is 1.74 bits per heavy atom. The van der Waals surface area contributed by atoms with Gasteiger partial charge in [0.25, 0.3) is 5.91 Å². The van der Waals surface area contributed by atoms with Gasteiger partial charge in [-0.3, -0.25) is 14.5 Å². The number of urea groups is 1. The third-order valence-electron chi connectivity index (χ3n) is 6.15. The van der Waals surface area contributed by atoms with Gasteiger partial charge in [0, 0.05) is 13.1 Å². The lowest BCUT2D eigenvalue weighted by molar-refractivity contribution is -0.139.